The number of likely N-dealkylation sites (tertiary alicyclic amines) is 1. The first kappa shape index (κ1) is 23.6. The second-order valence-electron chi connectivity index (χ2n) is 12.1. The van der Waals surface area contributed by atoms with Crippen LogP contribution in [0, 0.1) is 40.4 Å². The van der Waals surface area contributed by atoms with Crippen LogP contribution >= 0.6 is 0 Å². The number of ether oxygens (including phenoxy) is 4. The van der Waals surface area contributed by atoms with Crippen molar-refractivity contribution >= 4 is 5.97 Å². The van der Waals surface area contributed by atoms with Crippen LogP contribution in [-0.2, 0) is 23.7 Å². The molecule has 1 saturated heterocycles. The summed E-state index contributed by atoms with van der Waals surface area (Å²) in [5.74, 6) is -0.469. The van der Waals surface area contributed by atoms with Crippen LogP contribution in [0.4, 0.5) is 0 Å². The van der Waals surface area contributed by atoms with Crippen molar-refractivity contribution in [3.63, 3.8) is 0 Å². The molecule has 8 nitrogen and oxygen atoms in total. The number of nitrogens with zero attached hydrogens (tertiary/aromatic N) is 1. The minimum atomic E-state index is -0.679. The van der Waals surface area contributed by atoms with E-state index in [9.17, 15) is 15.0 Å². The molecule has 7 bridgehead atoms. The Morgan fingerprint density at radius 1 is 1.18 bits per heavy atom. The molecular formula is C26H41NO7. The van der Waals surface area contributed by atoms with Crippen LogP contribution in [0.3, 0.4) is 0 Å². The lowest BCUT2D eigenvalue weighted by molar-refractivity contribution is -0.279. The van der Waals surface area contributed by atoms with Crippen molar-refractivity contribution in [1.29, 1.82) is 0 Å². The first-order valence-electron chi connectivity index (χ1n) is 13.1. The summed E-state index contributed by atoms with van der Waals surface area (Å²) < 4.78 is 24.4. The molecule has 1 aliphatic heterocycles. The van der Waals surface area contributed by atoms with Gasteiger partial charge in [-0.2, -0.15) is 0 Å². The standard InChI is InChI=1S/C26H41NO7/c1-6-27-11-24(12-31-3)8-7-17(29)26-15-9-14-16(32-4)10-25(33-5,18(15)21(14)34-13(2)28)19(23(26)27)20(30)22(24)26/h14-23,29-30H,6-12H2,1-5H3/t14-,15-,16+,17+,18-,19+,20+,21+,22-,23?,24+,25-,26+/m1/s1. The van der Waals surface area contributed by atoms with Crippen LogP contribution in [-0.4, -0.2) is 98.2 Å². The van der Waals surface area contributed by atoms with Crippen LogP contribution in [0.15, 0.2) is 0 Å². The number of methoxy groups -OCH3 is 3. The minimum Gasteiger partial charge on any atom is -0.462 e. The fourth-order valence-corrected chi connectivity index (χ4v) is 11.1. The monoisotopic (exact) mass is 479 g/mol. The number of aliphatic hydroxyl groups excluding tert-OH is 2. The zero-order chi connectivity index (χ0) is 24.2. The van der Waals surface area contributed by atoms with Gasteiger partial charge in [0.05, 0.1) is 30.5 Å². The minimum absolute atomic E-state index is 0.0197. The Morgan fingerprint density at radius 2 is 1.94 bits per heavy atom. The first-order valence-corrected chi connectivity index (χ1v) is 13.1. The van der Waals surface area contributed by atoms with Crippen LogP contribution in [0.2, 0.25) is 0 Å². The Bertz CT molecular complexity index is 855. The molecule has 8 heteroatoms. The molecule has 34 heavy (non-hydrogen) atoms. The van der Waals surface area contributed by atoms with Gasteiger partial charge in [0.25, 0.3) is 0 Å². The van der Waals surface area contributed by atoms with Crippen molar-refractivity contribution in [2.75, 3.05) is 41.0 Å². The number of carbonyl (C=O) groups is 1. The summed E-state index contributed by atoms with van der Waals surface area (Å²) >= 11 is 0. The largest absolute Gasteiger partial charge is 0.462 e. The predicted molar refractivity (Wildman–Crippen MR) is 122 cm³/mol. The lowest BCUT2D eigenvalue weighted by atomic mass is 9.43. The second kappa shape index (κ2) is 7.62. The fraction of sp³-hybridized carbons (Fsp3) is 0.962. The average molecular weight is 480 g/mol. The van der Waals surface area contributed by atoms with Gasteiger partial charge in [-0.3, -0.25) is 9.69 Å². The van der Waals surface area contributed by atoms with E-state index in [4.69, 9.17) is 18.9 Å². The molecule has 2 N–H and O–H groups in total. The van der Waals surface area contributed by atoms with E-state index >= 15 is 0 Å². The lowest BCUT2D eigenvalue weighted by Crippen LogP contribution is -2.76. The number of esters is 1. The number of aliphatic hydroxyl groups is 2. The maximum Gasteiger partial charge on any atom is 0.302 e. The quantitative estimate of drug-likeness (QED) is 0.546. The normalized spacial score (nSPS) is 57.0. The van der Waals surface area contributed by atoms with Gasteiger partial charge in [0.15, 0.2) is 0 Å². The summed E-state index contributed by atoms with van der Waals surface area (Å²) in [5, 5.41) is 24.2. The van der Waals surface area contributed by atoms with Crippen LogP contribution in [0.1, 0.15) is 39.5 Å². The van der Waals surface area contributed by atoms with Crippen molar-refractivity contribution < 1.29 is 34.0 Å². The first-order chi connectivity index (χ1) is 16.3. The van der Waals surface area contributed by atoms with Gasteiger partial charge in [0.1, 0.15) is 6.10 Å². The highest BCUT2D eigenvalue weighted by molar-refractivity contribution is 5.66. The highest BCUT2D eigenvalue weighted by Crippen LogP contribution is 2.79. The maximum atomic E-state index is 12.3. The van der Waals surface area contributed by atoms with Crippen LogP contribution in [0.5, 0.6) is 0 Å². The summed E-state index contributed by atoms with van der Waals surface area (Å²) in [6.07, 6.45) is 1.47. The molecule has 0 amide bonds. The zero-order valence-electron chi connectivity index (χ0n) is 21.1. The molecule has 1 spiro atoms. The molecule has 5 saturated carbocycles. The van der Waals surface area contributed by atoms with Crippen molar-refractivity contribution in [3.05, 3.63) is 0 Å². The molecule has 1 heterocycles. The van der Waals surface area contributed by atoms with Crippen molar-refractivity contribution in [1.82, 2.24) is 4.90 Å². The van der Waals surface area contributed by atoms with Crippen molar-refractivity contribution in [3.8, 4) is 0 Å². The molecule has 192 valence electrons. The summed E-state index contributed by atoms with van der Waals surface area (Å²) in [4.78, 5) is 14.8. The molecule has 6 fully saturated rings. The van der Waals surface area contributed by atoms with E-state index in [1.165, 1.54) is 6.92 Å². The summed E-state index contributed by atoms with van der Waals surface area (Å²) in [6.45, 7) is 5.95. The second-order valence-corrected chi connectivity index (χ2v) is 12.1. The Labute approximate surface area is 202 Å². The SMILES string of the molecule is CCN1C[C@]2(COC)CC[C@H](O)[C@]34C1[C@H]([C@H](O)[C@H]23)[C@@]1(OC)C[C@H](OC)[C@H]2C[C@@H]4[C@@H]1[C@H]2OC(C)=O. The summed E-state index contributed by atoms with van der Waals surface area (Å²) in [7, 11) is 5.23. The van der Waals surface area contributed by atoms with Gasteiger partial charge in [0.2, 0.25) is 0 Å². The highest BCUT2D eigenvalue weighted by Gasteiger charge is 2.86. The third-order valence-electron chi connectivity index (χ3n) is 11.5. The molecule has 0 aromatic rings. The van der Waals surface area contributed by atoms with E-state index in [0.717, 1.165) is 25.9 Å². The Kier molecular flexibility index (Phi) is 5.29. The summed E-state index contributed by atoms with van der Waals surface area (Å²) in [5.41, 5.74) is -1.36. The van der Waals surface area contributed by atoms with Gasteiger partial charge in [-0.1, -0.05) is 6.92 Å². The number of carbonyl (C=O) groups excluding carboxylic acids is 1. The molecule has 5 aliphatic carbocycles. The van der Waals surface area contributed by atoms with Gasteiger partial charge >= 0.3 is 5.97 Å². The maximum absolute atomic E-state index is 12.3. The van der Waals surface area contributed by atoms with Gasteiger partial charge in [-0.15, -0.1) is 0 Å². The molecule has 1 unspecified atom stereocenters. The number of piperidine rings is 1. The number of hydrogen-bond acceptors (Lipinski definition) is 8. The average Bonchev–Trinajstić information content (AvgIpc) is 3.21. The molecule has 0 radical (unpaired) electrons. The molecular weight excluding hydrogens is 438 g/mol. The molecule has 0 aromatic heterocycles. The molecule has 13 atom stereocenters. The summed E-state index contributed by atoms with van der Waals surface area (Å²) in [6, 6.07) is 0.0197. The highest BCUT2D eigenvalue weighted by atomic mass is 16.6. The smallest absolute Gasteiger partial charge is 0.302 e. The number of fused-ring (bicyclic) bond motifs is 2. The van der Waals surface area contributed by atoms with Gasteiger partial charge in [-0.05, 0) is 31.7 Å². The van der Waals surface area contributed by atoms with E-state index in [1.807, 2.05) is 0 Å². The lowest BCUT2D eigenvalue weighted by Gasteiger charge is -2.69. The van der Waals surface area contributed by atoms with Crippen molar-refractivity contribution in [2.24, 2.45) is 40.4 Å². The van der Waals surface area contributed by atoms with Gasteiger partial charge in [-0.25, -0.2) is 0 Å². The predicted octanol–water partition coefficient (Wildman–Crippen LogP) is 1.07. The van der Waals surface area contributed by atoms with Crippen LogP contribution in [0.25, 0.3) is 0 Å². The molecule has 0 aromatic carbocycles. The number of rotatable bonds is 6. The number of hydrogen-bond donors (Lipinski definition) is 2. The van der Waals surface area contributed by atoms with E-state index in [0.29, 0.717) is 19.4 Å². The third-order valence-corrected chi connectivity index (χ3v) is 11.5. The molecule has 6 rings (SSSR count). The Morgan fingerprint density at radius 3 is 2.56 bits per heavy atom. The topological polar surface area (TPSA) is 97.7 Å². The Hall–Kier alpha value is -0.770. The van der Waals surface area contributed by atoms with Gasteiger partial charge < -0.3 is 29.2 Å². The van der Waals surface area contributed by atoms with E-state index in [2.05, 4.69) is 11.8 Å². The van der Waals surface area contributed by atoms with Crippen molar-refractivity contribution in [2.45, 2.75) is 75.6 Å². The fourth-order valence-electron chi connectivity index (χ4n) is 11.1. The van der Waals surface area contributed by atoms with Gasteiger partial charge in [0, 0.05) is 81.8 Å². The third kappa shape index (κ3) is 2.44. The zero-order valence-corrected chi connectivity index (χ0v) is 21.1. The van der Waals surface area contributed by atoms with E-state index in [1.54, 1.807) is 21.3 Å². The van der Waals surface area contributed by atoms with Crippen LogP contribution < -0.4 is 0 Å². The van der Waals surface area contributed by atoms with E-state index < -0.39 is 23.2 Å². The Balaban J connectivity index is 1.61. The molecule has 6 aliphatic rings. The van der Waals surface area contributed by atoms with E-state index in [-0.39, 0.29) is 59.2 Å².